The van der Waals surface area contributed by atoms with E-state index in [4.69, 9.17) is 9.73 Å². The minimum absolute atomic E-state index is 0.0883. The number of rotatable bonds is 4. The summed E-state index contributed by atoms with van der Waals surface area (Å²) in [5, 5.41) is 14.6. The van der Waals surface area contributed by atoms with Crippen LogP contribution < -0.4 is 10.1 Å². The van der Waals surface area contributed by atoms with Crippen LogP contribution in [0, 0.1) is 10.1 Å². The summed E-state index contributed by atoms with van der Waals surface area (Å²) in [7, 11) is 3.46. The molecule has 2 aliphatic heterocycles. The van der Waals surface area contributed by atoms with Crippen LogP contribution in [-0.4, -0.2) is 35.9 Å². The van der Waals surface area contributed by atoms with Crippen molar-refractivity contribution in [3.8, 4) is 5.75 Å². The maximum atomic E-state index is 11.4. The number of ether oxygens (including phenoxy) is 1. The first-order chi connectivity index (χ1) is 12.1. The zero-order chi connectivity index (χ0) is 17.7. The maximum Gasteiger partial charge on any atom is 0.267 e. The number of methoxy groups -OCH3 is 1. The lowest BCUT2D eigenvalue weighted by Crippen LogP contribution is -2.51. The Hall–Kier alpha value is -3.09. The van der Waals surface area contributed by atoms with Gasteiger partial charge in [-0.1, -0.05) is 18.2 Å². The average Bonchev–Trinajstić information content (AvgIpc) is 3.08. The Morgan fingerprint density at radius 2 is 2.08 bits per heavy atom. The standard InChI is InChI=1S/C18H18N4O3/c1-19-16-11-18(13-5-7-15(25-2)8-6-13)17(21(16)12-20-18)9-3-4-14(10-17)22(23)24/h3-8,10-12,19H,9H2,1-2H3. The number of nitrogens with one attached hydrogen (secondary N) is 1. The van der Waals surface area contributed by atoms with Crippen LogP contribution in [0.5, 0.6) is 5.75 Å². The molecule has 3 aliphatic rings. The molecule has 2 bridgehead atoms. The van der Waals surface area contributed by atoms with Crippen molar-refractivity contribution in [2.24, 2.45) is 4.99 Å². The number of aliphatic imine (C=N–C) groups is 1. The van der Waals surface area contributed by atoms with E-state index in [1.807, 2.05) is 48.4 Å². The molecule has 1 aromatic rings. The van der Waals surface area contributed by atoms with Gasteiger partial charge in [-0.2, -0.15) is 0 Å². The van der Waals surface area contributed by atoms with Gasteiger partial charge in [0.2, 0.25) is 0 Å². The molecular formula is C18H18N4O3. The normalized spacial score (nSPS) is 29.0. The molecule has 0 aromatic heterocycles. The summed E-state index contributed by atoms with van der Waals surface area (Å²) < 4.78 is 5.25. The minimum Gasteiger partial charge on any atom is -0.497 e. The Kier molecular flexibility index (Phi) is 3.21. The Morgan fingerprint density at radius 3 is 2.72 bits per heavy atom. The van der Waals surface area contributed by atoms with Crippen LogP contribution in [0.1, 0.15) is 12.0 Å². The van der Waals surface area contributed by atoms with Gasteiger partial charge in [-0.15, -0.1) is 0 Å². The largest absolute Gasteiger partial charge is 0.497 e. The number of hydrogen-bond donors (Lipinski definition) is 1. The highest BCUT2D eigenvalue weighted by Crippen LogP contribution is 2.55. The summed E-state index contributed by atoms with van der Waals surface area (Å²) in [4.78, 5) is 17.8. The molecule has 0 radical (unpaired) electrons. The van der Waals surface area contributed by atoms with Crippen LogP contribution in [0.25, 0.3) is 0 Å². The predicted octanol–water partition coefficient (Wildman–Crippen LogP) is 2.17. The Balaban J connectivity index is 1.90. The topological polar surface area (TPSA) is 80.0 Å². The highest BCUT2D eigenvalue weighted by atomic mass is 16.6. The van der Waals surface area contributed by atoms with Gasteiger partial charge in [-0.05, 0) is 30.2 Å². The summed E-state index contributed by atoms with van der Waals surface area (Å²) in [5.74, 6) is 1.65. The lowest BCUT2D eigenvalue weighted by Gasteiger charge is -2.40. The van der Waals surface area contributed by atoms with Crippen molar-refractivity contribution in [1.29, 1.82) is 0 Å². The third-order valence-corrected chi connectivity index (χ3v) is 5.17. The third kappa shape index (κ3) is 1.89. The van der Waals surface area contributed by atoms with Crippen LogP contribution in [0.2, 0.25) is 0 Å². The molecule has 25 heavy (non-hydrogen) atoms. The second-order valence-corrected chi connectivity index (χ2v) is 6.25. The van der Waals surface area contributed by atoms with E-state index in [-0.39, 0.29) is 10.6 Å². The van der Waals surface area contributed by atoms with E-state index in [9.17, 15) is 10.1 Å². The van der Waals surface area contributed by atoms with Gasteiger partial charge >= 0.3 is 0 Å². The van der Waals surface area contributed by atoms with Crippen LogP contribution in [-0.2, 0) is 5.54 Å². The lowest BCUT2D eigenvalue weighted by molar-refractivity contribution is -0.420. The number of nitrogens with zero attached hydrogens (tertiary/aromatic N) is 3. The van der Waals surface area contributed by atoms with Crippen LogP contribution >= 0.6 is 0 Å². The fourth-order valence-electron chi connectivity index (χ4n) is 3.96. The Morgan fingerprint density at radius 1 is 1.32 bits per heavy atom. The molecule has 1 aromatic carbocycles. The number of allylic oxidation sites excluding steroid dienone is 1. The van der Waals surface area contributed by atoms with E-state index in [2.05, 4.69) is 5.32 Å². The summed E-state index contributed by atoms with van der Waals surface area (Å²) in [6.45, 7) is 0. The quantitative estimate of drug-likeness (QED) is 0.672. The van der Waals surface area contributed by atoms with Crippen molar-refractivity contribution in [2.75, 3.05) is 14.2 Å². The molecule has 2 atom stereocenters. The molecule has 0 fully saturated rings. The van der Waals surface area contributed by atoms with Crippen molar-refractivity contribution < 1.29 is 9.66 Å². The van der Waals surface area contributed by atoms with Gasteiger partial charge in [0.1, 0.15) is 22.6 Å². The molecule has 2 unspecified atom stereocenters. The van der Waals surface area contributed by atoms with E-state index in [1.54, 1.807) is 25.6 Å². The molecule has 0 amide bonds. The van der Waals surface area contributed by atoms with Gasteiger partial charge in [-0.25, -0.2) is 0 Å². The molecule has 1 N–H and O–H groups in total. The molecule has 0 saturated heterocycles. The lowest BCUT2D eigenvalue weighted by atomic mass is 9.70. The molecular weight excluding hydrogens is 320 g/mol. The fourth-order valence-corrected chi connectivity index (χ4v) is 3.96. The SMILES string of the molecule is CNC1=CC2(c3ccc(OC)cc3)N=CN1C21C=C([N+](=O)[O-])C=CC1. The van der Waals surface area contributed by atoms with E-state index in [0.717, 1.165) is 17.1 Å². The highest BCUT2D eigenvalue weighted by Gasteiger charge is 2.62. The molecule has 0 saturated carbocycles. The van der Waals surface area contributed by atoms with Crippen LogP contribution in [0.15, 0.2) is 65.1 Å². The van der Waals surface area contributed by atoms with Gasteiger partial charge in [0.25, 0.3) is 5.70 Å². The van der Waals surface area contributed by atoms with Crippen molar-refractivity contribution in [3.63, 3.8) is 0 Å². The Bertz CT molecular complexity index is 856. The van der Waals surface area contributed by atoms with Crippen molar-refractivity contribution in [1.82, 2.24) is 10.2 Å². The number of hydrogen-bond acceptors (Lipinski definition) is 6. The fraction of sp³-hybridized carbons (Fsp3) is 0.278. The zero-order valence-electron chi connectivity index (χ0n) is 14.0. The molecule has 4 rings (SSSR count). The van der Waals surface area contributed by atoms with Crippen molar-refractivity contribution in [3.05, 3.63) is 75.8 Å². The first kappa shape index (κ1) is 15.4. The van der Waals surface area contributed by atoms with E-state index < -0.39 is 11.1 Å². The molecule has 1 aliphatic carbocycles. The molecule has 7 heteroatoms. The smallest absolute Gasteiger partial charge is 0.267 e. The van der Waals surface area contributed by atoms with Crippen molar-refractivity contribution >= 4 is 6.34 Å². The van der Waals surface area contributed by atoms with Gasteiger partial charge in [-0.3, -0.25) is 15.1 Å². The zero-order valence-corrected chi connectivity index (χ0v) is 14.0. The number of nitro groups is 1. The first-order valence-corrected chi connectivity index (χ1v) is 8.00. The first-order valence-electron chi connectivity index (χ1n) is 8.00. The molecule has 128 valence electrons. The average molecular weight is 338 g/mol. The predicted molar refractivity (Wildman–Crippen MR) is 93.7 cm³/mol. The van der Waals surface area contributed by atoms with Gasteiger partial charge in [0, 0.05) is 19.2 Å². The van der Waals surface area contributed by atoms with Crippen molar-refractivity contribution in [2.45, 2.75) is 17.5 Å². The van der Waals surface area contributed by atoms with Crippen LogP contribution in [0.3, 0.4) is 0 Å². The summed E-state index contributed by atoms with van der Waals surface area (Å²) >= 11 is 0. The van der Waals surface area contributed by atoms with Crippen LogP contribution in [0.4, 0.5) is 0 Å². The molecule has 7 nitrogen and oxygen atoms in total. The maximum absolute atomic E-state index is 11.4. The Labute approximate surface area is 145 Å². The van der Waals surface area contributed by atoms with E-state index >= 15 is 0 Å². The highest BCUT2D eigenvalue weighted by molar-refractivity contribution is 5.73. The molecule has 1 spiro atoms. The van der Waals surface area contributed by atoms with Gasteiger partial charge in [0.05, 0.1) is 18.4 Å². The number of benzene rings is 1. The van der Waals surface area contributed by atoms with Gasteiger partial charge < -0.3 is 15.0 Å². The summed E-state index contributed by atoms with van der Waals surface area (Å²) in [6, 6.07) is 7.71. The van der Waals surface area contributed by atoms with Gasteiger partial charge in [0.15, 0.2) is 0 Å². The van der Waals surface area contributed by atoms with E-state index in [1.165, 1.54) is 0 Å². The molecule has 2 heterocycles. The summed E-state index contributed by atoms with van der Waals surface area (Å²) in [6.07, 6.45) is 9.57. The van der Waals surface area contributed by atoms with E-state index in [0.29, 0.717) is 6.42 Å². The monoisotopic (exact) mass is 338 g/mol. The minimum atomic E-state index is -0.719. The summed E-state index contributed by atoms with van der Waals surface area (Å²) in [5.41, 5.74) is -0.322. The second kappa shape index (κ2) is 5.20. The second-order valence-electron chi connectivity index (χ2n) is 6.25. The third-order valence-electron chi connectivity index (χ3n) is 5.17.